The van der Waals surface area contributed by atoms with Crippen LogP contribution >= 0.6 is 0 Å². The number of alkyl carbamates (subject to hydrolysis) is 1. The van der Waals surface area contributed by atoms with E-state index < -0.39 is 22.0 Å². The number of rotatable bonds is 15. The van der Waals surface area contributed by atoms with Crippen LogP contribution in [-0.4, -0.2) is 33.0 Å². The molecule has 1 rings (SSSR count). The summed E-state index contributed by atoms with van der Waals surface area (Å²) >= 11 is 0. The molecule has 156 valence electrons. The van der Waals surface area contributed by atoms with Crippen LogP contribution in [-0.2, 0) is 14.5 Å². The Balaban J connectivity index is 2.28. The van der Waals surface area contributed by atoms with Crippen molar-refractivity contribution in [1.29, 1.82) is 0 Å². The van der Waals surface area contributed by atoms with Crippen molar-refractivity contribution in [2.75, 3.05) is 12.3 Å². The summed E-state index contributed by atoms with van der Waals surface area (Å²) in [6.45, 7) is 2.49. The molecule has 0 aliphatic heterocycles. The molecule has 0 bridgehead atoms. The van der Waals surface area contributed by atoms with Gasteiger partial charge < -0.3 is 19.0 Å². The summed E-state index contributed by atoms with van der Waals surface area (Å²) in [5.74, 6) is 3.86. The third-order valence-electron chi connectivity index (χ3n) is 4.34. The zero-order valence-corrected chi connectivity index (χ0v) is 17.3. The van der Waals surface area contributed by atoms with Crippen molar-refractivity contribution in [3.05, 3.63) is 24.2 Å². The molecule has 0 aliphatic carbocycles. The second kappa shape index (κ2) is 13.7. The molecule has 0 aliphatic rings. The van der Waals surface area contributed by atoms with Gasteiger partial charge in [-0.25, -0.2) is 9.00 Å². The van der Waals surface area contributed by atoms with Crippen molar-refractivity contribution in [3.8, 4) is 0 Å². The molecule has 0 fully saturated rings. The lowest BCUT2D eigenvalue weighted by atomic mass is 10.0. The average Bonchev–Trinajstić information content (AvgIpc) is 3.14. The average molecular weight is 402 g/mol. The lowest BCUT2D eigenvalue weighted by Gasteiger charge is -2.16. The molecular formula is C20H35NO5S. The first-order chi connectivity index (χ1) is 12.9. The second-order valence-corrected chi connectivity index (χ2v) is 8.88. The zero-order valence-electron chi connectivity index (χ0n) is 16.5. The number of unbranched alkanes of at least 4 members (excludes halogenated alkanes) is 7. The highest BCUT2D eigenvalue weighted by Gasteiger charge is 2.19. The van der Waals surface area contributed by atoms with Crippen LogP contribution in [0.1, 0.15) is 83.0 Å². The number of nitrogens with one attached hydrogen (secondary N) is 1. The molecule has 2 atom stereocenters. The topological polar surface area (TPSA) is 88.8 Å². The van der Waals surface area contributed by atoms with Gasteiger partial charge in [0.15, 0.2) is 6.10 Å². The highest BCUT2D eigenvalue weighted by molar-refractivity contribution is 7.95. The number of carbonyl (C=O) groups excluding carboxylic acids is 1. The summed E-state index contributed by atoms with van der Waals surface area (Å²) in [7, 11) is -3.01. The molecule has 1 aromatic rings. The quantitative estimate of drug-likeness (QED) is 0.313. The molecule has 2 N–H and O–H groups in total. The molecular weight excluding hydrogens is 366 g/mol. The first-order valence-corrected chi connectivity index (χ1v) is 11.8. The molecule has 0 aromatic carbocycles. The Bertz CT molecular complexity index is 598. The molecule has 0 radical (unpaired) electrons. The van der Waals surface area contributed by atoms with Crippen LogP contribution in [0.25, 0.3) is 0 Å². The van der Waals surface area contributed by atoms with Crippen molar-refractivity contribution in [3.63, 3.8) is 0 Å². The fraction of sp³-hybridized carbons (Fsp3) is 0.700. The molecule has 0 saturated heterocycles. The monoisotopic (exact) mass is 401 g/mol. The van der Waals surface area contributed by atoms with Crippen molar-refractivity contribution in [2.24, 2.45) is 0 Å². The standard InChI is InChI=1S/C20H35NO5S/c1-3-4-5-6-7-8-9-10-13-19(18-14-11-16-25-18)26-20(22)21-15-12-17-27(2,23)24/h11,14,16,19H,2-10,12-13,15,17H2,1H3,(H,21,22)(H,23,24). The van der Waals surface area contributed by atoms with Gasteiger partial charge >= 0.3 is 6.09 Å². The highest BCUT2D eigenvalue weighted by atomic mass is 32.2. The highest BCUT2D eigenvalue weighted by Crippen LogP contribution is 2.25. The maximum absolute atomic E-state index is 12.0. The fourth-order valence-corrected chi connectivity index (χ4v) is 3.45. The lowest BCUT2D eigenvalue weighted by molar-refractivity contribution is 0.0778. The number of hydrogen-bond donors (Lipinski definition) is 2. The Morgan fingerprint density at radius 2 is 1.89 bits per heavy atom. The maximum atomic E-state index is 12.0. The van der Waals surface area contributed by atoms with Crippen LogP contribution in [0.3, 0.4) is 0 Å². The third-order valence-corrected chi connectivity index (χ3v) is 5.27. The van der Waals surface area contributed by atoms with E-state index in [2.05, 4.69) is 18.1 Å². The van der Waals surface area contributed by atoms with Gasteiger partial charge in [0.25, 0.3) is 0 Å². The van der Waals surface area contributed by atoms with E-state index in [1.165, 1.54) is 38.5 Å². The molecule has 0 spiro atoms. The smallest absolute Gasteiger partial charge is 0.407 e. The maximum Gasteiger partial charge on any atom is 0.407 e. The van der Waals surface area contributed by atoms with Crippen molar-refractivity contribution >= 4 is 21.8 Å². The molecule has 1 heterocycles. The van der Waals surface area contributed by atoms with E-state index in [4.69, 9.17) is 13.7 Å². The van der Waals surface area contributed by atoms with Gasteiger partial charge in [0.1, 0.15) is 5.76 Å². The van der Waals surface area contributed by atoms with Gasteiger partial charge in [-0.3, -0.25) is 0 Å². The van der Waals surface area contributed by atoms with E-state index in [-0.39, 0.29) is 12.3 Å². The van der Waals surface area contributed by atoms with Gasteiger partial charge in [0, 0.05) is 12.3 Å². The van der Waals surface area contributed by atoms with E-state index in [1.807, 2.05) is 6.07 Å². The summed E-state index contributed by atoms with van der Waals surface area (Å²) in [4.78, 5) is 12.0. The van der Waals surface area contributed by atoms with Crippen LogP contribution in [0.5, 0.6) is 0 Å². The van der Waals surface area contributed by atoms with E-state index in [0.717, 1.165) is 19.3 Å². The SMILES string of the molecule is C=S(=O)(O)CCCNC(=O)OC(CCCCCCCCCC)c1ccco1. The normalized spacial score (nSPS) is 14.4. The van der Waals surface area contributed by atoms with Crippen molar-refractivity contribution < 1.29 is 22.7 Å². The molecule has 1 amide bonds. The number of carbonyl (C=O) groups is 1. The van der Waals surface area contributed by atoms with E-state index in [1.54, 1.807) is 12.3 Å². The molecule has 7 heteroatoms. The number of ether oxygens (including phenoxy) is 1. The zero-order chi connectivity index (χ0) is 20.0. The summed E-state index contributed by atoms with van der Waals surface area (Å²) in [6, 6.07) is 3.59. The Labute approximate surface area is 163 Å². The Morgan fingerprint density at radius 1 is 1.22 bits per heavy atom. The van der Waals surface area contributed by atoms with Gasteiger partial charge in [-0.05, 0) is 37.3 Å². The minimum absolute atomic E-state index is 0.0488. The molecule has 27 heavy (non-hydrogen) atoms. The molecule has 0 saturated carbocycles. The van der Waals surface area contributed by atoms with Crippen LogP contribution in [0.2, 0.25) is 0 Å². The Kier molecular flexibility index (Phi) is 11.9. The fourth-order valence-electron chi connectivity index (χ4n) is 2.86. The first-order valence-electron chi connectivity index (χ1n) is 9.97. The number of amides is 1. The summed E-state index contributed by atoms with van der Waals surface area (Å²) in [6.07, 6.45) is 11.4. The predicted octanol–water partition coefficient (Wildman–Crippen LogP) is 5.16. The lowest BCUT2D eigenvalue weighted by Crippen LogP contribution is -2.28. The molecule has 6 nitrogen and oxygen atoms in total. The second-order valence-electron chi connectivity index (χ2n) is 6.93. The minimum atomic E-state index is -3.01. The number of furan rings is 1. The summed E-state index contributed by atoms with van der Waals surface area (Å²) in [5.41, 5.74) is 0. The third kappa shape index (κ3) is 12.5. The van der Waals surface area contributed by atoms with E-state index >= 15 is 0 Å². The molecule has 1 aromatic heterocycles. The van der Waals surface area contributed by atoms with Gasteiger partial charge in [0.05, 0.1) is 16.1 Å². The largest absolute Gasteiger partial charge is 0.465 e. The van der Waals surface area contributed by atoms with Crippen LogP contribution in [0.15, 0.2) is 22.8 Å². The van der Waals surface area contributed by atoms with Crippen LogP contribution in [0, 0.1) is 0 Å². The predicted molar refractivity (Wildman–Crippen MR) is 111 cm³/mol. The first kappa shape index (κ1) is 23.6. The van der Waals surface area contributed by atoms with Gasteiger partial charge in [-0.15, -0.1) is 0 Å². The van der Waals surface area contributed by atoms with Crippen molar-refractivity contribution in [1.82, 2.24) is 5.32 Å². The van der Waals surface area contributed by atoms with Crippen molar-refractivity contribution in [2.45, 2.75) is 77.2 Å². The van der Waals surface area contributed by atoms with Gasteiger partial charge in [-0.2, -0.15) is 0 Å². The summed E-state index contributed by atoms with van der Waals surface area (Å²) < 4.78 is 31.1. The van der Waals surface area contributed by atoms with Crippen LogP contribution in [0.4, 0.5) is 4.79 Å². The van der Waals surface area contributed by atoms with Gasteiger partial charge in [-0.1, -0.05) is 51.9 Å². The van der Waals surface area contributed by atoms with E-state index in [0.29, 0.717) is 12.2 Å². The summed E-state index contributed by atoms with van der Waals surface area (Å²) in [5, 5.41) is 2.61. The Hall–Kier alpha value is -1.47. The molecule has 2 unspecified atom stereocenters. The Morgan fingerprint density at radius 3 is 2.48 bits per heavy atom. The van der Waals surface area contributed by atoms with Gasteiger partial charge in [0.2, 0.25) is 0 Å². The minimum Gasteiger partial charge on any atom is -0.465 e. The number of hydrogen-bond acceptors (Lipinski definition) is 4. The van der Waals surface area contributed by atoms with E-state index in [9.17, 15) is 9.00 Å². The van der Waals surface area contributed by atoms with Crippen LogP contribution < -0.4 is 5.32 Å².